The summed E-state index contributed by atoms with van der Waals surface area (Å²) in [6.45, 7) is 4.30. The maximum absolute atomic E-state index is 13.2. The molecule has 0 saturated carbocycles. The van der Waals surface area contributed by atoms with Crippen LogP contribution in [0.4, 0.5) is 0 Å². The lowest BCUT2D eigenvalue weighted by Crippen LogP contribution is -2.45. The van der Waals surface area contributed by atoms with E-state index in [4.69, 9.17) is 42.2 Å². The molecule has 0 radical (unpaired) electrons. The summed E-state index contributed by atoms with van der Waals surface area (Å²) in [5, 5.41) is 0. The number of esters is 1. The molecule has 0 fully saturated rings. The van der Waals surface area contributed by atoms with Crippen LogP contribution in [0.1, 0.15) is 37.0 Å². The molecule has 1 aliphatic carbocycles. The van der Waals surface area contributed by atoms with Gasteiger partial charge in [-0.25, -0.2) is 0 Å². The summed E-state index contributed by atoms with van der Waals surface area (Å²) in [5.41, 5.74) is 1.11. The van der Waals surface area contributed by atoms with Gasteiger partial charge in [-0.15, -0.1) is 23.2 Å². The zero-order valence-electron chi connectivity index (χ0n) is 18.2. The van der Waals surface area contributed by atoms with Crippen molar-refractivity contribution in [3.63, 3.8) is 0 Å². The molecule has 0 aliphatic heterocycles. The van der Waals surface area contributed by atoms with Crippen molar-refractivity contribution in [1.29, 1.82) is 0 Å². The number of rotatable bonds is 9. The predicted molar refractivity (Wildman–Crippen MR) is 121 cm³/mol. The van der Waals surface area contributed by atoms with Crippen molar-refractivity contribution in [2.75, 3.05) is 26.0 Å². The van der Waals surface area contributed by atoms with Gasteiger partial charge in [-0.1, -0.05) is 32.1 Å². The minimum atomic E-state index is -1.53. The van der Waals surface area contributed by atoms with E-state index < -0.39 is 11.8 Å². The van der Waals surface area contributed by atoms with Crippen molar-refractivity contribution in [3.05, 3.63) is 53.6 Å². The van der Waals surface area contributed by atoms with Gasteiger partial charge in [0.05, 0.1) is 5.88 Å². The number of ketones is 1. The fraction of sp³-hybridized carbons (Fsp3) is 0.435. The lowest BCUT2D eigenvalue weighted by Gasteiger charge is -2.34. The number of Topliss-reactive ketones (excluding diaryl/α,β-unsaturated/α-hetero) is 1. The molecule has 1 aromatic carbocycles. The molecule has 0 bridgehead atoms. The standard InChI is InChI=1S/C21H25ClO5.C2H3ClO/c1-5-20(2)12-10-16(11-13-20)21(25-3,26-4)19(24)15-6-8-17(9-7-15)27-18(23)14-22;3-1-2-4/h6-12H,5,13-14H2,1-4H3;2H,1H2. The molecule has 0 aromatic heterocycles. The third-order valence-electron chi connectivity index (χ3n) is 5.04. The Morgan fingerprint density at radius 3 is 2.13 bits per heavy atom. The van der Waals surface area contributed by atoms with Crippen LogP contribution in [0.15, 0.2) is 48.1 Å². The monoisotopic (exact) mass is 470 g/mol. The minimum Gasteiger partial charge on any atom is -0.426 e. The number of alkyl halides is 2. The summed E-state index contributed by atoms with van der Waals surface area (Å²) in [7, 11) is 2.89. The number of benzene rings is 1. The number of carbonyl (C=O) groups is 3. The average Bonchev–Trinajstić information content (AvgIpc) is 2.81. The van der Waals surface area contributed by atoms with Crippen LogP contribution < -0.4 is 4.74 Å². The zero-order chi connectivity index (χ0) is 23.5. The molecular formula is C23H28Cl2O6. The highest BCUT2D eigenvalue weighted by molar-refractivity contribution is 6.26. The fourth-order valence-corrected chi connectivity index (χ4v) is 2.99. The van der Waals surface area contributed by atoms with Gasteiger partial charge in [0.15, 0.2) is 0 Å². The van der Waals surface area contributed by atoms with E-state index in [-0.39, 0.29) is 23.0 Å². The van der Waals surface area contributed by atoms with Crippen LogP contribution in [-0.2, 0) is 19.1 Å². The lowest BCUT2D eigenvalue weighted by molar-refractivity contribution is -0.140. The molecule has 2 rings (SSSR count). The van der Waals surface area contributed by atoms with Crippen molar-refractivity contribution in [3.8, 4) is 5.75 Å². The highest BCUT2D eigenvalue weighted by Gasteiger charge is 2.43. The number of allylic oxidation sites excluding steroid dienone is 2. The van der Waals surface area contributed by atoms with Crippen molar-refractivity contribution >= 4 is 41.2 Å². The molecule has 0 heterocycles. The van der Waals surface area contributed by atoms with Crippen molar-refractivity contribution in [2.45, 2.75) is 32.5 Å². The molecular weight excluding hydrogens is 443 g/mol. The van der Waals surface area contributed by atoms with E-state index in [1.165, 1.54) is 26.4 Å². The van der Waals surface area contributed by atoms with Gasteiger partial charge in [-0.3, -0.25) is 9.59 Å². The third-order valence-corrected chi connectivity index (χ3v) is 5.38. The van der Waals surface area contributed by atoms with E-state index in [1.807, 2.05) is 12.2 Å². The van der Waals surface area contributed by atoms with Gasteiger partial charge < -0.3 is 19.0 Å². The minimum absolute atomic E-state index is 0.0632. The van der Waals surface area contributed by atoms with E-state index in [1.54, 1.807) is 12.1 Å². The van der Waals surface area contributed by atoms with E-state index in [0.29, 0.717) is 23.2 Å². The first-order valence-corrected chi connectivity index (χ1v) is 10.7. The smallest absolute Gasteiger partial charge is 0.326 e. The van der Waals surface area contributed by atoms with Crippen molar-refractivity contribution in [1.82, 2.24) is 0 Å². The molecule has 0 saturated heterocycles. The summed E-state index contributed by atoms with van der Waals surface area (Å²) in [6.07, 6.45) is 8.42. The third kappa shape index (κ3) is 7.01. The molecule has 0 spiro atoms. The van der Waals surface area contributed by atoms with Crippen LogP contribution in [0.25, 0.3) is 0 Å². The number of ether oxygens (including phenoxy) is 3. The molecule has 31 heavy (non-hydrogen) atoms. The Bertz CT molecular complexity index is 812. The topological polar surface area (TPSA) is 78.9 Å². The van der Waals surface area contributed by atoms with E-state index in [0.717, 1.165) is 12.8 Å². The van der Waals surface area contributed by atoms with Crippen LogP contribution in [0.3, 0.4) is 0 Å². The molecule has 0 amide bonds. The lowest BCUT2D eigenvalue weighted by atomic mass is 9.78. The normalized spacial score (nSPS) is 17.8. The first-order chi connectivity index (χ1) is 14.8. The molecule has 170 valence electrons. The van der Waals surface area contributed by atoms with Gasteiger partial charge in [0, 0.05) is 25.4 Å². The van der Waals surface area contributed by atoms with Crippen molar-refractivity contribution in [2.24, 2.45) is 5.41 Å². The summed E-state index contributed by atoms with van der Waals surface area (Å²) in [6, 6.07) is 6.20. The second-order valence-corrected chi connectivity index (χ2v) is 7.59. The molecule has 1 aliphatic rings. The van der Waals surface area contributed by atoms with Crippen LogP contribution in [-0.4, -0.2) is 49.8 Å². The van der Waals surface area contributed by atoms with Crippen LogP contribution in [0.5, 0.6) is 5.75 Å². The van der Waals surface area contributed by atoms with Gasteiger partial charge in [0.1, 0.15) is 17.9 Å². The second-order valence-electron chi connectivity index (χ2n) is 7.01. The maximum atomic E-state index is 13.2. The molecule has 1 unspecified atom stereocenters. The molecule has 8 heteroatoms. The summed E-state index contributed by atoms with van der Waals surface area (Å²) in [4.78, 5) is 33.5. The van der Waals surface area contributed by atoms with Crippen molar-refractivity contribution < 1.29 is 28.6 Å². The first kappa shape index (κ1) is 27.0. The molecule has 0 N–H and O–H groups in total. The highest BCUT2D eigenvalue weighted by Crippen LogP contribution is 2.38. The fourth-order valence-electron chi connectivity index (χ4n) is 2.94. The Morgan fingerprint density at radius 1 is 1.16 bits per heavy atom. The number of hydrogen-bond acceptors (Lipinski definition) is 6. The maximum Gasteiger partial charge on any atom is 0.326 e. The molecule has 1 aromatic rings. The SMILES string of the molecule is CCC1(C)C=CC(C(OC)(OC)C(=O)c2ccc(OC(=O)CCl)cc2)=CC1.O=CCCl. The van der Waals surface area contributed by atoms with E-state index in [2.05, 4.69) is 19.9 Å². The zero-order valence-corrected chi connectivity index (χ0v) is 19.7. The number of halogens is 2. The number of carbonyl (C=O) groups excluding carboxylic acids is 3. The van der Waals surface area contributed by atoms with E-state index in [9.17, 15) is 9.59 Å². The largest absolute Gasteiger partial charge is 0.426 e. The molecule has 6 nitrogen and oxygen atoms in total. The Morgan fingerprint density at radius 2 is 1.74 bits per heavy atom. The Balaban J connectivity index is 0.00000110. The Labute approximate surface area is 193 Å². The number of methoxy groups -OCH3 is 2. The molecule has 1 atom stereocenters. The predicted octanol–water partition coefficient (Wildman–Crippen LogP) is 4.73. The van der Waals surface area contributed by atoms with Crippen LogP contribution >= 0.6 is 23.2 Å². The highest BCUT2D eigenvalue weighted by atomic mass is 35.5. The van der Waals surface area contributed by atoms with Gasteiger partial charge in [-0.2, -0.15) is 0 Å². The van der Waals surface area contributed by atoms with Gasteiger partial charge in [0.2, 0.25) is 5.78 Å². The van der Waals surface area contributed by atoms with Gasteiger partial charge in [0.25, 0.3) is 5.79 Å². The van der Waals surface area contributed by atoms with Gasteiger partial charge in [-0.05, 0) is 42.5 Å². The Kier molecular flexibility index (Phi) is 11.1. The number of aldehydes is 1. The van der Waals surface area contributed by atoms with Gasteiger partial charge >= 0.3 is 5.97 Å². The summed E-state index contributed by atoms with van der Waals surface area (Å²) >= 11 is 10.2. The van der Waals surface area contributed by atoms with Crippen LogP contribution in [0, 0.1) is 5.41 Å². The average molecular weight is 471 g/mol. The summed E-state index contributed by atoms with van der Waals surface area (Å²) < 4.78 is 16.1. The quantitative estimate of drug-likeness (QED) is 0.129. The van der Waals surface area contributed by atoms with E-state index >= 15 is 0 Å². The van der Waals surface area contributed by atoms with Crippen LogP contribution in [0.2, 0.25) is 0 Å². The Hall–Kier alpha value is -1.99. The first-order valence-electron chi connectivity index (χ1n) is 9.67. The summed E-state index contributed by atoms with van der Waals surface area (Å²) in [5.74, 6) is -2.24. The number of hydrogen-bond donors (Lipinski definition) is 0. The second kappa shape index (κ2) is 12.8.